The van der Waals surface area contributed by atoms with Gasteiger partial charge >= 0.3 is 0 Å². The molecule has 7 heteroatoms. The lowest BCUT2D eigenvalue weighted by Gasteiger charge is -2.32. The summed E-state index contributed by atoms with van der Waals surface area (Å²) in [5, 5.41) is 7.21. The predicted molar refractivity (Wildman–Crippen MR) is 92.0 cm³/mol. The second kappa shape index (κ2) is 7.21. The molecule has 1 unspecified atom stereocenters. The maximum Gasteiger partial charge on any atom is 0.222 e. The lowest BCUT2D eigenvalue weighted by atomic mass is 9.94. The van der Waals surface area contributed by atoms with Gasteiger partial charge in [-0.15, -0.1) is 0 Å². The largest absolute Gasteiger partial charge is 0.368 e. The van der Waals surface area contributed by atoms with Crippen molar-refractivity contribution in [3.05, 3.63) is 18.5 Å². The van der Waals surface area contributed by atoms with E-state index in [-0.39, 0.29) is 17.4 Å². The van der Waals surface area contributed by atoms with E-state index >= 15 is 0 Å². The van der Waals surface area contributed by atoms with Crippen LogP contribution in [-0.4, -0.2) is 32.9 Å². The number of unbranched alkanes of at least 4 members (excludes halogenated alkanes) is 1. The van der Waals surface area contributed by atoms with Crippen LogP contribution in [0, 0.1) is 0 Å². The Labute approximate surface area is 136 Å². The van der Waals surface area contributed by atoms with Crippen LogP contribution in [0.3, 0.4) is 0 Å². The van der Waals surface area contributed by atoms with Crippen LogP contribution < -0.4 is 16.4 Å². The van der Waals surface area contributed by atoms with Gasteiger partial charge in [0.25, 0.3) is 0 Å². The summed E-state index contributed by atoms with van der Waals surface area (Å²) in [6.07, 6.45) is 6.39. The zero-order chi connectivity index (χ0) is 16.9. The summed E-state index contributed by atoms with van der Waals surface area (Å²) in [5.74, 6) is 0.815. The van der Waals surface area contributed by atoms with Gasteiger partial charge < -0.3 is 16.4 Å². The van der Waals surface area contributed by atoms with E-state index in [9.17, 15) is 4.79 Å². The van der Waals surface area contributed by atoms with Gasteiger partial charge in [-0.2, -0.15) is 4.98 Å². The Morgan fingerprint density at radius 2 is 2.17 bits per heavy atom. The third kappa shape index (κ3) is 4.51. The number of rotatable bonds is 7. The van der Waals surface area contributed by atoms with Gasteiger partial charge in [-0.25, -0.2) is 4.98 Å². The van der Waals surface area contributed by atoms with Crippen LogP contribution >= 0.6 is 0 Å². The van der Waals surface area contributed by atoms with Crippen molar-refractivity contribution in [1.82, 2.24) is 20.3 Å². The van der Waals surface area contributed by atoms with E-state index in [2.05, 4.69) is 39.4 Å². The maximum atomic E-state index is 11.3. The third-order valence-electron chi connectivity index (χ3n) is 3.75. The van der Waals surface area contributed by atoms with Crippen molar-refractivity contribution in [1.29, 1.82) is 0 Å². The standard InChI is InChI=1S/C16H24N6O/c1-4-5-7-16(3,10-19-11(2)23)22-14-12-6-8-18-9-13(12)20-15(17)21-14/h6,8-9H,4-5,7,10H2,1-3H3,(H,19,23)(H3,17,20,21,22). The lowest BCUT2D eigenvalue weighted by Crippen LogP contribution is -2.46. The molecule has 7 nitrogen and oxygen atoms in total. The zero-order valence-corrected chi connectivity index (χ0v) is 13.9. The van der Waals surface area contributed by atoms with Gasteiger partial charge in [-0.05, 0) is 19.4 Å². The van der Waals surface area contributed by atoms with E-state index in [0.29, 0.717) is 17.9 Å². The van der Waals surface area contributed by atoms with Crippen molar-refractivity contribution in [2.24, 2.45) is 0 Å². The van der Waals surface area contributed by atoms with Crippen molar-refractivity contribution >= 4 is 28.6 Å². The van der Waals surface area contributed by atoms with Gasteiger partial charge in [0.05, 0.1) is 17.3 Å². The SMILES string of the molecule is CCCCC(C)(CNC(C)=O)Nc1nc(N)nc2cnccc12. The van der Waals surface area contributed by atoms with Crippen LogP contribution in [0.4, 0.5) is 11.8 Å². The van der Waals surface area contributed by atoms with E-state index < -0.39 is 0 Å². The Kier molecular flexibility index (Phi) is 5.31. The molecule has 0 bridgehead atoms. The van der Waals surface area contributed by atoms with Crippen LogP contribution in [0.1, 0.15) is 40.0 Å². The summed E-state index contributed by atoms with van der Waals surface area (Å²) in [5.41, 5.74) is 6.18. The lowest BCUT2D eigenvalue weighted by molar-refractivity contribution is -0.119. The van der Waals surface area contributed by atoms with Crippen molar-refractivity contribution < 1.29 is 4.79 Å². The molecule has 0 saturated heterocycles. The van der Waals surface area contributed by atoms with E-state index in [4.69, 9.17) is 5.73 Å². The highest BCUT2D eigenvalue weighted by atomic mass is 16.1. The van der Waals surface area contributed by atoms with Crippen LogP contribution in [0.25, 0.3) is 10.9 Å². The molecule has 0 aliphatic heterocycles. The van der Waals surface area contributed by atoms with E-state index in [0.717, 1.165) is 24.6 Å². The van der Waals surface area contributed by atoms with Crippen LogP contribution in [-0.2, 0) is 4.79 Å². The number of pyridine rings is 1. The van der Waals surface area contributed by atoms with Crippen molar-refractivity contribution in [3.8, 4) is 0 Å². The molecule has 2 aromatic rings. The number of amides is 1. The summed E-state index contributed by atoms with van der Waals surface area (Å²) in [4.78, 5) is 23.9. The number of nitrogens with one attached hydrogen (secondary N) is 2. The number of anilines is 2. The Hall–Kier alpha value is -2.44. The molecule has 2 aromatic heterocycles. The summed E-state index contributed by atoms with van der Waals surface area (Å²) in [6, 6.07) is 1.86. The first-order valence-electron chi connectivity index (χ1n) is 7.83. The molecule has 0 aliphatic rings. The minimum Gasteiger partial charge on any atom is -0.368 e. The number of aromatic nitrogens is 3. The normalized spacial score (nSPS) is 13.5. The molecule has 1 atom stereocenters. The minimum absolute atomic E-state index is 0.0502. The molecule has 1 amide bonds. The molecular formula is C16H24N6O. The van der Waals surface area contributed by atoms with Crippen LogP contribution in [0.5, 0.6) is 0 Å². The quantitative estimate of drug-likeness (QED) is 0.722. The average Bonchev–Trinajstić information content (AvgIpc) is 2.51. The number of hydrogen-bond acceptors (Lipinski definition) is 6. The van der Waals surface area contributed by atoms with Gasteiger partial charge in [0.15, 0.2) is 0 Å². The first-order valence-corrected chi connectivity index (χ1v) is 7.83. The van der Waals surface area contributed by atoms with Gasteiger partial charge in [0.1, 0.15) is 5.82 Å². The fourth-order valence-corrected chi connectivity index (χ4v) is 2.46. The van der Waals surface area contributed by atoms with E-state index in [1.54, 1.807) is 12.4 Å². The first-order chi connectivity index (χ1) is 10.9. The Bertz CT molecular complexity index is 689. The van der Waals surface area contributed by atoms with Crippen LogP contribution in [0.2, 0.25) is 0 Å². The maximum absolute atomic E-state index is 11.3. The highest BCUT2D eigenvalue weighted by Crippen LogP contribution is 2.25. The number of hydrogen-bond donors (Lipinski definition) is 3. The average molecular weight is 316 g/mol. The molecule has 2 heterocycles. The number of carbonyl (C=O) groups excluding carboxylic acids is 1. The highest BCUT2D eigenvalue weighted by molar-refractivity contribution is 5.89. The minimum atomic E-state index is -0.321. The van der Waals surface area contributed by atoms with Gasteiger partial charge in [-0.1, -0.05) is 19.8 Å². The number of nitrogens with two attached hydrogens (primary N) is 1. The topological polar surface area (TPSA) is 106 Å². The summed E-state index contributed by atoms with van der Waals surface area (Å²) < 4.78 is 0. The highest BCUT2D eigenvalue weighted by Gasteiger charge is 2.25. The smallest absolute Gasteiger partial charge is 0.222 e. The van der Waals surface area contributed by atoms with Gasteiger partial charge in [0, 0.05) is 25.1 Å². The Morgan fingerprint density at radius 1 is 1.39 bits per heavy atom. The first kappa shape index (κ1) is 16.9. The molecule has 0 saturated carbocycles. The van der Waals surface area contributed by atoms with Crippen LogP contribution in [0.15, 0.2) is 18.5 Å². The molecule has 0 spiro atoms. The number of nitrogen functional groups attached to an aromatic ring is 1. The summed E-state index contributed by atoms with van der Waals surface area (Å²) >= 11 is 0. The van der Waals surface area contributed by atoms with E-state index in [1.165, 1.54) is 6.92 Å². The van der Waals surface area contributed by atoms with Crippen molar-refractivity contribution in [2.75, 3.05) is 17.6 Å². The molecule has 124 valence electrons. The zero-order valence-electron chi connectivity index (χ0n) is 13.9. The molecule has 23 heavy (non-hydrogen) atoms. The number of nitrogens with zero attached hydrogens (tertiary/aromatic N) is 3. The molecular weight excluding hydrogens is 292 g/mol. The molecule has 4 N–H and O–H groups in total. The second-order valence-corrected chi connectivity index (χ2v) is 6.02. The fourth-order valence-electron chi connectivity index (χ4n) is 2.46. The van der Waals surface area contributed by atoms with Gasteiger partial charge in [0.2, 0.25) is 11.9 Å². The molecule has 2 rings (SSSR count). The fraction of sp³-hybridized carbons (Fsp3) is 0.500. The Morgan fingerprint density at radius 3 is 2.87 bits per heavy atom. The van der Waals surface area contributed by atoms with E-state index in [1.807, 2.05) is 6.07 Å². The summed E-state index contributed by atoms with van der Waals surface area (Å²) in [7, 11) is 0. The molecule has 0 radical (unpaired) electrons. The van der Waals surface area contributed by atoms with Crippen molar-refractivity contribution in [3.63, 3.8) is 0 Å². The molecule has 0 fully saturated rings. The molecule has 0 aliphatic carbocycles. The second-order valence-electron chi connectivity index (χ2n) is 6.02. The van der Waals surface area contributed by atoms with Crippen molar-refractivity contribution in [2.45, 2.75) is 45.6 Å². The number of carbonyl (C=O) groups is 1. The monoisotopic (exact) mass is 316 g/mol. The number of fused-ring (bicyclic) bond motifs is 1. The Balaban J connectivity index is 2.33. The predicted octanol–water partition coefficient (Wildman–Crippen LogP) is 2.10. The molecule has 0 aromatic carbocycles. The third-order valence-corrected chi connectivity index (χ3v) is 3.75. The summed E-state index contributed by atoms with van der Waals surface area (Å²) in [6.45, 7) is 6.25. The van der Waals surface area contributed by atoms with Gasteiger partial charge in [-0.3, -0.25) is 9.78 Å².